The first-order valence-electron chi connectivity index (χ1n) is 10.5. The highest BCUT2D eigenvalue weighted by atomic mass is 16.6. The Hall–Kier alpha value is -2.41. The van der Waals surface area contributed by atoms with Gasteiger partial charge in [0.05, 0.1) is 6.61 Å². The topological polar surface area (TPSA) is 79.0 Å². The van der Waals surface area contributed by atoms with E-state index in [2.05, 4.69) is 5.48 Å². The third-order valence-corrected chi connectivity index (χ3v) is 4.51. The van der Waals surface area contributed by atoms with Crippen molar-refractivity contribution in [3.05, 3.63) is 35.9 Å². The van der Waals surface area contributed by atoms with Gasteiger partial charge in [0, 0.05) is 33.0 Å². The Morgan fingerprint density at radius 3 is 2.17 bits per heavy atom. The summed E-state index contributed by atoms with van der Waals surface area (Å²) in [5, 5.41) is 0. The summed E-state index contributed by atoms with van der Waals surface area (Å²) < 4.78 is 0. The molecule has 0 saturated carbocycles. The molecule has 7 nitrogen and oxygen atoms in total. The molecule has 0 spiro atoms. The number of hydrogen-bond acceptors (Lipinski definition) is 4. The second-order valence-corrected chi connectivity index (χ2v) is 8.73. The predicted molar refractivity (Wildman–Crippen MR) is 117 cm³/mol. The maximum Gasteiger partial charge on any atom is 0.263 e. The Morgan fingerprint density at radius 2 is 1.63 bits per heavy atom. The number of carbonyl (C=O) groups is 3. The predicted octanol–water partition coefficient (Wildman–Crippen LogP) is 2.86. The molecule has 7 heteroatoms. The molecule has 0 bridgehead atoms. The molecule has 0 aliphatic rings. The molecule has 1 atom stereocenters. The summed E-state index contributed by atoms with van der Waals surface area (Å²) in [7, 11) is 3.40. The van der Waals surface area contributed by atoms with E-state index in [0.717, 1.165) is 5.56 Å². The summed E-state index contributed by atoms with van der Waals surface area (Å²) in [6.07, 6.45) is 0.727. The molecule has 0 aliphatic heterocycles. The molecule has 1 aromatic carbocycles. The Balaban J connectivity index is 2.69. The van der Waals surface area contributed by atoms with Gasteiger partial charge in [0.25, 0.3) is 5.91 Å². The minimum atomic E-state index is -0.390. The maximum atomic E-state index is 13.0. The molecule has 0 saturated heterocycles. The van der Waals surface area contributed by atoms with Crippen LogP contribution in [-0.2, 0) is 25.8 Å². The van der Waals surface area contributed by atoms with E-state index in [1.165, 1.54) is 9.80 Å². The van der Waals surface area contributed by atoms with E-state index < -0.39 is 0 Å². The molecule has 1 unspecified atom stereocenters. The molecule has 1 N–H and O–H groups in total. The van der Waals surface area contributed by atoms with Crippen LogP contribution in [0.15, 0.2) is 30.3 Å². The number of hydroxylamine groups is 1. The zero-order valence-electron chi connectivity index (χ0n) is 19.2. The van der Waals surface area contributed by atoms with Crippen molar-refractivity contribution < 1.29 is 19.2 Å². The lowest BCUT2D eigenvalue weighted by Crippen LogP contribution is -2.44. The van der Waals surface area contributed by atoms with Gasteiger partial charge in [-0.2, -0.15) is 0 Å². The van der Waals surface area contributed by atoms with Crippen molar-refractivity contribution in [3.63, 3.8) is 0 Å². The van der Waals surface area contributed by atoms with Crippen molar-refractivity contribution in [1.82, 2.24) is 15.3 Å². The normalized spacial score (nSPS) is 12.0. The first-order chi connectivity index (χ1) is 14.1. The Labute approximate surface area is 180 Å². The highest BCUT2D eigenvalue weighted by molar-refractivity contribution is 5.88. The summed E-state index contributed by atoms with van der Waals surface area (Å²) in [5.74, 6) is -0.543. The minimum Gasteiger partial charge on any atom is -0.349 e. The van der Waals surface area contributed by atoms with Crippen LogP contribution >= 0.6 is 0 Å². The third-order valence-electron chi connectivity index (χ3n) is 4.51. The van der Waals surface area contributed by atoms with Gasteiger partial charge in [-0.15, -0.1) is 0 Å². The number of benzene rings is 1. The summed E-state index contributed by atoms with van der Waals surface area (Å²) in [4.78, 5) is 46.1. The summed E-state index contributed by atoms with van der Waals surface area (Å²) in [6, 6.07) is 9.50. The SMILES string of the molecule is CC(C)CC(CC(=O)N(CC(=O)NOCc1ccccc1)CC(C)C)C(=O)N(C)C. The average Bonchev–Trinajstić information content (AvgIpc) is 2.66. The lowest BCUT2D eigenvalue weighted by atomic mass is 9.92. The second kappa shape index (κ2) is 13.0. The van der Waals surface area contributed by atoms with Crippen molar-refractivity contribution >= 4 is 17.7 Å². The van der Waals surface area contributed by atoms with Crippen molar-refractivity contribution in [2.75, 3.05) is 27.2 Å². The van der Waals surface area contributed by atoms with Crippen LogP contribution in [-0.4, -0.2) is 54.7 Å². The van der Waals surface area contributed by atoms with E-state index in [9.17, 15) is 14.4 Å². The fraction of sp³-hybridized carbons (Fsp3) is 0.609. The summed E-state index contributed by atoms with van der Waals surface area (Å²) in [5.41, 5.74) is 3.34. The van der Waals surface area contributed by atoms with Crippen LogP contribution in [0.5, 0.6) is 0 Å². The molecule has 0 fully saturated rings. The Kier molecular flexibility index (Phi) is 11.1. The number of hydrogen-bond donors (Lipinski definition) is 1. The van der Waals surface area contributed by atoms with Crippen molar-refractivity contribution in [2.24, 2.45) is 17.8 Å². The quantitative estimate of drug-likeness (QED) is 0.529. The first-order valence-corrected chi connectivity index (χ1v) is 10.5. The fourth-order valence-corrected chi connectivity index (χ4v) is 3.22. The molecule has 0 heterocycles. The zero-order chi connectivity index (χ0) is 22.7. The van der Waals surface area contributed by atoms with E-state index in [1.807, 2.05) is 58.0 Å². The van der Waals surface area contributed by atoms with Gasteiger partial charge in [-0.05, 0) is 23.8 Å². The van der Waals surface area contributed by atoms with Crippen LogP contribution in [0.3, 0.4) is 0 Å². The minimum absolute atomic E-state index is 0.0582. The fourth-order valence-electron chi connectivity index (χ4n) is 3.22. The lowest BCUT2D eigenvalue weighted by Gasteiger charge is -2.27. The molecule has 0 aliphatic carbocycles. The van der Waals surface area contributed by atoms with Gasteiger partial charge in [-0.25, -0.2) is 5.48 Å². The van der Waals surface area contributed by atoms with Crippen molar-refractivity contribution in [3.8, 4) is 0 Å². The van der Waals surface area contributed by atoms with Crippen LogP contribution in [0.2, 0.25) is 0 Å². The second-order valence-electron chi connectivity index (χ2n) is 8.73. The Bertz CT molecular complexity index is 674. The maximum absolute atomic E-state index is 13.0. The van der Waals surface area contributed by atoms with E-state index in [0.29, 0.717) is 18.9 Å². The molecular weight excluding hydrogens is 382 g/mol. The van der Waals surface area contributed by atoms with E-state index in [4.69, 9.17) is 4.84 Å². The number of nitrogens with one attached hydrogen (secondary N) is 1. The number of rotatable bonds is 12. The van der Waals surface area contributed by atoms with E-state index >= 15 is 0 Å². The van der Waals surface area contributed by atoms with Crippen molar-refractivity contribution in [1.29, 1.82) is 0 Å². The van der Waals surface area contributed by atoms with Crippen LogP contribution < -0.4 is 5.48 Å². The van der Waals surface area contributed by atoms with Gasteiger partial charge in [0.15, 0.2) is 0 Å². The van der Waals surface area contributed by atoms with Gasteiger partial charge < -0.3 is 9.80 Å². The molecule has 1 aromatic rings. The lowest BCUT2D eigenvalue weighted by molar-refractivity contribution is -0.145. The first kappa shape index (κ1) is 25.6. The molecular formula is C23H37N3O4. The molecule has 1 rings (SSSR count). The number of amides is 3. The standard InChI is InChI=1S/C23H37N3O4/c1-17(2)12-20(23(29)25(5)6)13-22(28)26(14-18(3)4)15-21(27)24-30-16-19-10-8-7-9-11-19/h7-11,17-18,20H,12-16H2,1-6H3,(H,24,27). The Morgan fingerprint density at radius 1 is 1.00 bits per heavy atom. The summed E-state index contributed by atoms with van der Waals surface area (Å²) in [6.45, 7) is 8.62. The van der Waals surface area contributed by atoms with Gasteiger partial charge in [-0.3, -0.25) is 19.2 Å². The molecule has 30 heavy (non-hydrogen) atoms. The third kappa shape index (κ3) is 9.87. The van der Waals surface area contributed by atoms with Crippen LogP contribution in [0.1, 0.15) is 46.1 Å². The van der Waals surface area contributed by atoms with Crippen LogP contribution in [0.25, 0.3) is 0 Å². The number of carbonyl (C=O) groups excluding carboxylic acids is 3. The van der Waals surface area contributed by atoms with Crippen LogP contribution in [0.4, 0.5) is 0 Å². The largest absolute Gasteiger partial charge is 0.349 e. The zero-order valence-corrected chi connectivity index (χ0v) is 19.2. The highest BCUT2D eigenvalue weighted by Crippen LogP contribution is 2.19. The van der Waals surface area contributed by atoms with E-state index in [-0.39, 0.29) is 49.1 Å². The summed E-state index contributed by atoms with van der Waals surface area (Å²) >= 11 is 0. The smallest absolute Gasteiger partial charge is 0.263 e. The molecule has 0 aromatic heterocycles. The van der Waals surface area contributed by atoms with Gasteiger partial charge >= 0.3 is 0 Å². The molecule has 0 radical (unpaired) electrons. The van der Waals surface area contributed by atoms with Gasteiger partial charge in [0.1, 0.15) is 6.54 Å². The molecule has 3 amide bonds. The van der Waals surface area contributed by atoms with Crippen LogP contribution in [0, 0.1) is 17.8 Å². The van der Waals surface area contributed by atoms with E-state index in [1.54, 1.807) is 14.1 Å². The highest BCUT2D eigenvalue weighted by Gasteiger charge is 2.28. The average molecular weight is 420 g/mol. The van der Waals surface area contributed by atoms with Gasteiger partial charge in [0.2, 0.25) is 11.8 Å². The monoisotopic (exact) mass is 419 g/mol. The number of nitrogens with zero attached hydrogens (tertiary/aromatic N) is 2. The van der Waals surface area contributed by atoms with Gasteiger partial charge in [-0.1, -0.05) is 58.0 Å². The molecule has 168 valence electrons. The van der Waals surface area contributed by atoms with Crippen molar-refractivity contribution in [2.45, 2.75) is 47.1 Å².